The van der Waals surface area contributed by atoms with Gasteiger partial charge in [0.2, 0.25) is 0 Å². The molecular weight excluding hydrogens is 230 g/mol. The molecule has 1 aliphatic carbocycles. The van der Waals surface area contributed by atoms with Crippen molar-refractivity contribution < 1.29 is 14.3 Å². The van der Waals surface area contributed by atoms with E-state index in [4.69, 9.17) is 9.47 Å². The average molecular weight is 249 g/mol. The molecule has 18 heavy (non-hydrogen) atoms. The predicted molar refractivity (Wildman–Crippen MR) is 69.8 cm³/mol. The van der Waals surface area contributed by atoms with Crippen molar-refractivity contribution in [3.8, 4) is 5.75 Å². The molecule has 0 radical (unpaired) electrons. The Balaban J connectivity index is 2.05. The summed E-state index contributed by atoms with van der Waals surface area (Å²) in [6.07, 6.45) is 2.11. The molecule has 2 rings (SSSR count). The van der Waals surface area contributed by atoms with Crippen LogP contribution in [0.15, 0.2) is 24.3 Å². The van der Waals surface area contributed by atoms with E-state index in [2.05, 4.69) is 5.32 Å². The van der Waals surface area contributed by atoms with Gasteiger partial charge in [0, 0.05) is 12.8 Å². The molecule has 1 saturated carbocycles. The summed E-state index contributed by atoms with van der Waals surface area (Å²) in [7, 11) is 3.20. The second-order valence-electron chi connectivity index (χ2n) is 4.77. The van der Waals surface area contributed by atoms with E-state index >= 15 is 0 Å². The number of methoxy groups -OCH3 is 2. The van der Waals surface area contributed by atoms with E-state index < -0.39 is 5.60 Å². The number of rotatable bonds is 5. The summed E-state index contributed by atoms with van der Waals surface area (Å²) in [5, 5.41) is 2.89. The molecule has 4 heteroatoms. The van der Waals surface area contributed by atoms with Gasteiger partial charge in [0.05, 0.1) is 7.11 Å². The number of benzene rings is 1. The largest absolute Gasteiger partial charge is 0.497 e. The minimum absolute atomic E-state index is 0.0855. The van der Waals surface area contributed by atoms with Crippen molar-refractivity contribution in [2.75, 3.05) is 19.5 Å². The highest BCUT2D eigenvalue weighted by Gasteiger charge is 2.47. The van der Waals surface area contributed by atoms with Crippen LogP contribution in [0.5, 0.6) is 5.75 Å². The maximum atomic E-state index is 12.2. The number of carbonyl (C=O) groups excluding carboxylic acids is 1. The number of carbonyl (C=O) groups is 1. The van der Waals surface area contributed by atoms with E-state index in [0.717, 1.165) is 24.3 Å². The fourth-order valence-electron chi connectivity index (χ4n) is 2.01. The maximum absolute atomic E-state index is 12.2. The van der Waals surface area contributed by atoms with Crippen molar-refractivity contribution in [2.24, 2.45) is 5.92 Å². The lowest BCUT2D eigenvalue weighted by atomic mass is 9.99. The molecule has 0 saturated heterocycles. The predicted octanol–water partition coefficient (Wildman–Crippen LogP) is 2.45. The first-order valence-corrected chi connectivity index (χ1v) is 6.11. The van der Waals surface area contributed by atoms with Gasteiger partial charge in [0.25, 0.3) is 5.91 Å². The third kappa shape index (κ3) is 2.48. The van der Waals surface area contributed by atoms with Gasteiger partial charge in [-0.25, -0.2) is 0 Å². The molecular formula is C14H19NO3. The van der Waals surface area contributed by atoms with Crippen LogP contribution in [-0.4, -0.2) is 25.7 Å². The van der Waals surface area contributed by atoms with Crippen molar-refractivity contribution in [3.63, 3.8) is 0 Å². The Morgan fingerprint density at radius 2 is 1.89 bits per heavy atom. The van der Waals surface area contributed by atoms with Crippen LogP contribution in [0.1, 0.15) is 19.8 Å². The summed E-state index contributed by atoms with van der Waals surface area (Å²) in [5.41, 5.74) is 0.0321. The highest BCUT2D eigenvalue weighted by molar-refractivity contribution is 5.97. The third-order valence-corrected chi connectivity index (χ3v) is 3.58. The van der Waals surface area contributed by atoms with Gasteiger partial charge in [-0.3, -0.25) is 4.79 Å². The van der Waals surface area contributed by atoms with Crippen molar-refractivity contribution in [1.29, 1.82) is 0 Å². The number of hydrogen-bond acceptors (Lipinski definition) is 3. The molecule has 0 spiro atoms. The molecule has 1 unspecified atom stereocenters. The summed E-state index contributed by atoms with van der Waals surface area (Å²) < 4.78 is 10.5. The normalized spacial score (nSPS) is 17.9. The Hall–Kier alpha value is -1.55. The lowest BCUT2D eigenvalue weighted by Gasteiger charge is -2.26. The smallest absolute Gasteiger partial charge is 0.256 e. The Bertz CT molecular complexity index is 425. The molecule has 0 bridgehead atoms. The highest BCUT2D eigenvalue weighted by atomic mass is 16.5. The number of anilines is 1. The third-order valence-electron chi connectivity index (χ3n) is 3.58. The first kappa shape index (κ1) is 12.9. The first-order valence-electron chi connectivity index (χ1n) is 6.11. The number of nitrogens with one attached hydrogen (secondary N) is 1. The van der Waals surface area contributed by atoms with Gasteiger partial charge in [0.1, 0.15) is 11.4 Å². The Kier molecular flexibility index (Phi) is 3.57. The molecule has 1 fully saturated rings. The van der Waals surface area contributed by atoms with Crippen molar-refractivity contribution in [3.05, 3.63) is 24.3 Å². The number of hydrogen-bond donors (Lipinski definition) is 1. The Labute approximate surface area is 107 Å². The Morgan fingerprint density at radius 3 is 2.33 bits per heavy atom. The fraction of sp³-hybridized carbons (Fsp3) is 0.500. The average Bonchev–Trinajstić information content (AvgIpc) is 3.23. The van der Waals surface area contributed by atoms with Crippen LogP contribution in [0.25, 0.3) is 0 Å². The summed E-state index contributed by atoms with van der Waals surface area (Å²) in [4.78, 5) is 12.2. The first-order chi connectivity index (χ1) is 8.60. The van der Waals surface area contributed by atoms with E-state index in [-0.39, 0.29) is 5.91 Å². The number of amides is 1. The second-order valence-corrected chi connectivity index (χ2v) is 4.77. The second kappa shape index (κ2) is 4.98. The summed E-state index contributed by atoms with van der Waals surface area (Å²) in [6, 6.07) is 7.27. The van der Waals surface area contributed by atoms with E-state index in [9.17, 15) is 4.79 Å². The highest BCUT2D eigenvalue weighted by Crippen LogP contribution is 2.42. The van der Waals surface area contributed by atoms with Gasteiger partial charge in [-0.1, -0.05) is 0 Å². The summed E-state index contributed by atoms with van der Waals surface area (Å²) >= 11 is 0. The molecule has 1 atom stereocenters. The fourth-order valence-corrected chi connectivity index (χ4v) is 2.01. The van der Waals surface area contributed by atoms with E-state index in [0.29, 0.717) is 5.92 Å². The molecule has 1 aliphatic rings. The summed E-state index contributed by atoms with van der Waals surface area (Å²) in [5.74, 6) is 1.02. The molecule has 0 heterocycles. The van der Waals surface area contributed by atoms with Gasteiger partial charge in [-0.15, -0.1) is 0 Å². The van der Waals surface area contributed by atoms with Crippen molar-refractivity contribution >= 4 is 11.6 Å². The van der Waals surface area contributed by atoms with E-state index in [1.165, 1.54) is 0 Å². The zero-order valence-electron chi connectivity index (χ0n) is 11.0. The van der Waals surface area contributed by atoms with Gasteiger partial charge >= 0.3 is 0 Å². The van der Waals surface area contributed by atoms with Crippen LogP contribution in [0.3, 0.4) is 0 Å². The SMILES string of the molecule is COc1ccc(NC(=O)C(C)(OC)C2CC2)cc1. The molecule has 1 aromatic rings. The molecule has 1 aromatic carbocycles. The molecule has 98 valence electrons. The van der Waals surface area contributed by atoms with E-state index in [1.807, 2.05) is 31.2 Å². The van der Waals surface area contributed by atoms with Gasteiger partial charge in [-0.2, -0.15) is 0 Å². The zero-order valence-corrected chi connectivity index (χ0v) is 11.0. The monoisotopic (exact) mass is 249 g/mol. The minimum Gasteiger partial charge on any atom is -0.497 e. The molecule has 4 nitrogen and oxygen atoms in total. The van der Waals surface area contributed by atoms with Crippen LogP contribution in [-0.2, 0) is 9.53 Å². The standard InChI is InChI=1S/C14H19NO3/c1-14(18-3,10-4-5-10)13(16)15-11-6-8-12(17-2)9-7-11/h6-10H,4-5H2,1-3H3,(H,15,16). The lowest BCUT2D eigenvalue weighted by molar-refractivity contribution is -0.138. The lowest BCUT2D eigenvalue weighted by Crippen LogP contribution is -2.43. The van der Waals surface area contributed by atoms with Crippen LogP contribution >= 0.6 is 0 Å². The number of ether oxygens (including phenoxy) is 2. The van der Waals surface area contributed by atoms with Crippen molar-refractivity contribution in [2.45, 2.75) is 25.4 Å². The molecule has 1 amide bonds. The van der Waals surface area contributed by atoms with Crippen LogP contribution < -0.4 is 10.1 Å². The van der Waals surface area contributed by atoms with E-state index in [1.54, 1.807) is 14.2 Å². The maximum Gasteiger partial charge on any atom is 0.256 e. The van der Waals surface area contributed by atoms with Crippen LogP contribution in [0.4, 0.5) is 5.69 Å². The Morgan fingerprint density at radius 1 is 1.28 bits per heavy atom. The van der Waals surface area contributed by atoms with Crippen molar-refractivity contribution in [1.82, 2.24) is 0 Å². The quantitative estimate of drug-likeness (QED) is 0.872. The summed E-state index contributed by atoms with van der Waals surface area (Å²) in [6.45, 7) is 1.85. The zero-order chi connectivity index (χ0) is 13.2. The molecule has 0 aromatic heterocycles. The van der Waals surface area contributed by atoms with Gasteiger partial charge in [0.15, 0.2) is 0 Å². The minimum atomic E-state index is -0.722. The van der Waals surface area contributed by atoms with Gasteiger partial charge < -0.3 is 14.8 Å². The van der Waals surface area contributed by atoms with Crippen LogP contribution in [0, 0.1) is 5.92 Å². The topological polar surface area (TPSA) is 47.6 Å². The van der Waals surface area contributed by atoms with Gasteiger partial charge in [-0.05, 0) is 49.9 Å². The molecule has 1 N–H and O–H groups in total. The van der Waals surface area contributed by atoms with Crippen LogP contribution in [0.2, 0.25) is 0 Å². The molecule has 0 aliphatic heterocycles.